The van der Waals surface area contributed by atoms with Crippen molar-refractivity contribution < 1.29 is 23.8 Å². The number of methoxy groups -OCH3 is 1. The van der Waals surface area contributed by atoms with Gasteiger partial charge in [0.1, 0.15) is 23.7 Å². The zero-order chi connectivity index (χ0) is 26.6. The van der Waals surface area contributed by atoms with Crippen LogP contribution in [-0.2, 0) is 9.47 Å². The molecule has 3 aromatic heterocycles. The van der Waals surface area contributed by atoms with Gasteiger partial charge in [0.15, 0.2) is 11.3 Å². The van der Waals surface area contributed by atoms with E-state index in [1.807, 2.05) is 0 Å². The fourth-order valence-corrected chi connectivity index (χ4v) is 4.51. The van der Waals surface area contributed by atoms with Crippen molar-refractivity contribution in [1.29, 1.82) is 0 Å². The fraction of sp³-hybridized carbons (Fsp3) is 0.360. The molecule has 0 amide bonds. The van der Waals surface area contributed by atoms with E-state index in [2.05, 4.69) is 25.3 Å². The van der Waals surface area contributed by atoms with Crippen molar-refractivity contribution >= 4 is 29.2 Å². The number of carbonyl (C=O) groups excluding carboxylic acids is 2. The predicted molar refractivity (Wildman–Crippen MR) is 136 cm³/mol. The van der Waals surface area contributed by atoms with E-state index >= 15 is 0 Å². The molecular formula is C25H27N7O6. The number of aromatic amines is 1. The molecule has 1 aliphatic carbocycles. The summed E-state index contributed by atoms with van der Waals surface area (Å²) in [5.74, 6) is -0.0292. The van der Waals surface area contributed by atoms with Crippen molar-refractivity contribution in [1.82, 2.24) is 29.1 Å². The Bertz CT molecular complexity index is 1500. The monoisotopic (exact) mass is 521 g/mol. The Kier molecular flexibility index (Phi) is 7.07. The predicted octanol–water partition coefficient (Wildman–Crippen LogP) is 2.90. The van der Waals surface area contributed by atoms with Gasteiger partial charge < -0.3 is 24.5 Å². The minimum absolute atomic E-state index is 0.0314. The van der Waals surface area contributed by atoms with Gasteiger partial charge in [0.05, 0.1) is 19.4 Å². The smallest absolute Gasteiger partial charge is 0.419 e. The molecule has 3 heterocycles. The molecule has 13 heteroatoms. The highest BCUT2D eigenvalue weighted by molar-refractivity contribution is 5.99. The summed E-state index contributed by atoms with van der Waals surface area (Å²) in [5, 5.41) is 3.28. The van der Waals surface area contributed by atoms with Crippen LogP contribution < -0.4 is 15.7 Å². The van der Waals surface area contributed by atoms with Crippen LogP contribution in [0.3, 0.4) is 0 Å². The van der Waals surface area contributed by atoms with E-state index in [4.69, 9.17) is 14.2 Å². The summed E-state index contributed by atoms with van der Waals surface area (Å²) in [6, 6.07) is 6.98. The van der Waals surface area contributed by atoms with E-state index in [-0.39, 0.29) is 41.6 Å². The number of carbonyl (C=O) groups is 2. The van der Waals surface area contributed by atoms with Gasteiger partial charge in [0.25, 0.3) is 0 Å². The molecule has 1 aromatic carbocycles. The number of rotatable bonds is 7. The number of benzene rings is 1. The summed E-state index contributed by atoms with van der Waals surface area (Å²) in [6.45, 7) is 1.84. The van der Waals surface area contributed by atoms with Crippen molar-refractivity contribution in [3.63, 3.8) is 0 Å². The number of esters is 1. The van der Waals surface area contributed by atoms with E-state index in [1.165, 1.54) is 35.0 Å². The first-order valence-corrected chi connectivity index (χ1v) is 12.3. The molecule has 0 spiro atoms. The van der Waals surface area contributed by atoms with Gasteiger partial charge in [-0.25, -0.2) is 33.5 Å². The van der Waals surface area contributed by atoms with Crippen LogP contribution in [0, 0.1) is 0 Å². The molecule has 38 heavy (non-hydrogen) atoms. The Morgan fingerprint density at radius 3 is 2.66 bits per heavy atom. The van der Waals surface area contributed by atoms with Gasteiger partial charge in [-0.3, -0.25) is 0 Å². The van der Waals surface area contributed by atoms with Crippen molar-refractivity contribution in [3.8, 4) is 11.4 Å². The molecule has 0 atom stereocenters. The number of aromatic nitrogens is 6. The molecule has 0 aliphatic heterocycles. The molecule has 0 radical (unpaired) electrons. The lowest BCUT2D eigenvalue weighted by Gasteiger charge is -2.28. The second-order valence-corrected chi connectivity index (χ2v) is 8.72. The average Bonchev–Trinajstić information content (AvgIpc) is 3.57. The number of hydrogen-bond acceptors (Lipinski definition) is 10. The second-order valence-electron chi connectivity index (χ2n) is 8.72. The van der Waals surface area contributed by atoms with Gasteiger partial charge in [-0.15, -0.1) is 0 Å². The van der Waals surface area contributed by atoms with E-state index in [0.29, 0.717) is 37.1 Å². The number of para-hydroxylation sites is 2. The van der Waals surface area contributed by atoms with Gasteiger partial charge in [0.2, 0.25) is 5.95 Å². The zero-order valence-electron chi connectivity index (χ0n) is 20.9. The Morgan fingerprint density at radius 1 is 1.16 bits per heavy atom. The first-order valence-electron chi connectivity index (χ1n) is 12.3. The van der Waals surface area contributed by atoms with Crippen LogP contribution in [0.2, 0.25) is 0 Å². The van der Waals surface area contributed by atoms with Gasteiger partial charge in [-0.05, 0) is 44.7 Å². The third-order valence-corrected chi connectivity index (χ3v) is 6.32. The normalized spacial score (nSPS) is 17.2. The Labute approximate surface area is 216 Å². The van der Waals surface area contributed by atoms with Crippen molar-refractivity contribution in [2.24, 2.45) is 0 Å². The molecule has 0 unspecified atom stereocenters. The average molecular weight is 522 g/mol. The van der Waals surface area contributed by atoms with E-state index in [1.54, 1.807) is 31.2 Å². The number of imidazole rings is 2. The number of nitrogens with zero attached hydrogens (tertiary/aromatic N) is 5. The first kappa shape index (κ1) is 25.0. The second kappa shape index (κ2) is 10.7. The standard InChI is InChI=1S/C25H27N7O6/c1-3-37-22(33)20-19-21(32(24(34)29-19)17-6-4-5-7-18(17)36-2)30-23(28-20)27-15-8-10-16(11-9-15)38-25(35)31-13-12-26-14-31/h4-7,12-16H,3,8-11H2,1-2H3,(H,29,34)(H,27,28,30). The topological polar surface area (TPSA) is 155 Å². The maximum absolute atomic E-state index is 13.0. The molecule has 198 valence electrons. The Hall–Kier alpha value is -4.68. The highest BCUT2D eigenvalue weighted by Gasteiger charge is 2.27. The van der Waals surface area contributed by atoms with Crippen LogP contribution in [0.5, 0.6) is 5.75 Å². The Morgan fingerprint density at radius 2 is 1.95 bits per heavy atom. The maximum Gasteiger partial charge on any atom is 0.419 e. The molecule has 1 aliphatic rings. The molecule has 1 fully saturated rings. The summed E-state index contributed by atoms with van der Waals surface area (Å²) in [4.78, 5) is 53.5. The number of anilines is 1. The lowest BCUT2D eigenvalue weighted by Crippen LogP contribution is -2.32. The van der Waals surface area contributed by atoms with E-state index in [0.717, 1.165) is 0 Å². The molecule has 0 bridgehead atoms. The number of hydrogen-bond donors (Lipinski definition) is 2. The summed E-state index contributed by atoms with van der Waals surface area (Å²) < 4.78 is 18.8. The molecular weight excluding hydrogens is 494 g/mol. The number of fused-ring (bicyclic) bond motifs is 1. The third kappa shape index (κ3) is 4.94. The van der Waals surface area contributed by atoms with Crippen molar-refractivity contribution in [2.45, 2.75) is 44.8 Å². The SMILES string of the molecule is CCOC(=O)c1nc(NC2CCC(OC(=O)n3ccnc3)CC2)nc2c1[nH]c(=O)n2-c1ccccc1OC. The minimum Gasteiger partial charge on any atom is -0.495 e. The molecule has 0 saturated heterocycles. The summed E-state index contributed by atoms with van der Waals surface area (Å²) in [7, 11) is 1.51. The lowest BCUT2D eigenvalue weighted by atomic mass is 9.93. The van der Waals surface area contributed by atoms with Crippen LogP contribution in [0.15, 0.2) is 47.8 Å². The van der Waals surface area contributed by atoms with E-state index in [9.17, 15) is 14.4 Å². The van der Waals surface area contributed by atoms with Crippen LogP contribution in [0.25, 0.3) is 16.9 Å². The number of nitrogens with one attached hydrogen (secondary N) is 2. The van der Waals surface area contributed by atoms with Gasteiger partial charge in [-0.1, -0.05) is 12.1 Å². The van der Waals surface area contributed by atoms with Crippen LogP contribution in [0.4, 0.5) is 10.7 Å². The van der Waals surface area contributed by atoms with Gasteiger partial charge >= 0.3 is 17.8 Å². The number of H-pyrrole nitrogens is 1. The fourth-order valence-electron chi connectivity index (χ4n) is 4.51. The van der Waals surface area contributed by atoms with Crippen molar-refractivity contribution in [3.05, 3.63) is 59.2 Å². The highest BCUT2D eigenvalue weighted by atomic mass is 16.6. The van der Waals surface area contributed by atoms with Crippen LogP contribution in [-0.4, -0.2) is 67.0 Å². The molecule has 13 nitrogen and oxygen atoms in total. The minimum atomic E-state index is -0.675. The molecule has 2 N–H and O–H groups in total. The zero-order valence-corrected chi connectivity index (χ0v) is 20.9. The highest BCUT2D eigenvalue weighted by Crippen LogP contribution is 2.27. The summed E-state index contributed by atoms with van der Waals surface area (Å²) >= 11 is 0. The Balaban J connectivity index is 1.42. The van der Waals surface area contributed by atoms with Gasteiger partial charge in [0, 0.05) is 18.4 Å². The molecule has 1 saturated carbocycles. The first-order chi connectivity index (χ1) is 18.5. The molecule has 4 aromatic rings. The summed E-state index contributed by atoms with van der Waals surface area (Å²) in [5.41, 5.74) is 0.295. The quantitative estimate of drug-likeness (QED) is 0.347. The van der Waals surface area contributed by atoms with Crippen LogP contribution >= 0.6 is 0 Å². The maximum atomic E-state index is 13.0. The van der Waals surface area contributed by atoms with E-state index < -0.39 is 17.8 Å². The van der Waals surface area contributed by atoms with Gasteiger partial charge in [-0.2, -0.15) is 4.98 Å². The summed E-state index contributed by atoms with van der Waals surface area (Å²) in [6.07, 6.45) is 6.42. The van der Waals surface area contributed by atoms with Crippen molar-refractivity contribution in [2.75, 3.05) is 19.0 Å². The third-order valence-electron chi connectivity index (χ3n) is 6.32. The van der Waals surface area contributed by atoms with Crippen LogP contribution in [0.1, 0.15) is 43.1 Å². The lowest BCUT2D eigenvalue weighted by molar-refractivity contribution is 0.0521. The largest absolute Gasteiger partial charge is 0.495 e. The number of ether oxygens (including phenoxy) is 3. The molecule has 5 rings (SSSR count).